The van der Waals surface area contributed by atoms with Crippen molar-refractivity contribution >= 4 is 10.9 Å². The first-order valence-electron chi connectivity index (χ1n) is 10.4. The maximum Gasteiger partial charge on any atom is 0.253 e. The molecule has 0 spiro atoms. The van der Waals surface area contributed by atoms with Gasteiger partial charge in [0.1, 0.15) is 6.04 Å². The van der Waals surface area contributed by atoms with E-state index in [1.807, 2.05) is 55.5 Å². The predicted molar refractivity (Wildman–Crippen MR) is 117 cm³/mol. The molecule has 0 unspecified atom stereocenters. The number of hydrogen-bond donors (Lipinski definition) is 1. The largest absolute Gasteiger partial charge is 0.379 e. The van der Waals surface area contributed by atoms with Crippen molar-refractivity contribution < 1.29 is 4.74 Å². The van der Waals surface area contributed by atoms with Crippen LogP contribution in [-0.4, -0.2) is 56.4 Å². The number of aromatic nitrogens is 5. The molecule has 1 fully saturated rings. The monoisotopic (exact) mass is 416 g/mol. The second-order valence-electron chi connectivity index (χ2n) is 7.88. The van der Waals surface area contributed by atoms with Crippen LogP contribution in [0.15, 0.2) is 59.4 Å². The number of benzene rings is 2. The summed E-state index contributed by atoms with van der Waals surface area (Å²) in [5.41, 5.74) is 3.58. The summed E-state index contributed by atoms with van der Waals surface area (Å²) in [6.45, 7) is 5.21. The molecule has 1 N–H and O–H groups in total. The Morgan fingerprint density at radius 1 is 1.10 bits per heavy atom. The number of hydrogen-bond acceptors (Lipinski definition) is 6. The molecule has 4 aromatic rings. The Morgan fingerprint density at radius 3 is 2.71 bits per heavy atom. The van der Waals surface area contributed by atoms with Crippen molar-refractivity contribution in [2.45, 2.75) is 19.5 Å². The van der Waals surface area contributed by atoms with E-state index in [1.165, 1.54) is 0 Å². The van der Waals surface area contributed by atoms with Gasteiger partial charge >= 0.3 is 0 Å². The molecule has 1 saturated heterocycles. The van der Waals surface area contributed by atoms with Gasteiger partial charge in [0.15, 0.2) is 5.82 Å². The summed E-state index contributed by atoms with van der Waals surface area (Å²) in [5.74, 6) is 0.656. The Balaban J connectivity index is 1.63. The molecule has 1 aliphatic heterocycles. The molecule has 158 valence electrons. The van der Waals surface area contributed by atoms with Gasteiger partial charge in [0.05, 0.1) is 19.8 Å². The summed E-state index contributed by atoms with van der Waals surface area (Å²) in [7, 11) is 0. The number of aryl methyl sites for hydroxylation is 1. The summed E-state index contributed by atoms with van der Waals surface area (Å²) in [6.07, 6.45) is 0. The summed E-state index contributed by atoms with van der Waals surface area (Å²) in [4.78, 5) is 18.4. The van der Waals surface area contributed by atoms with E-state index in [0.717, 1.165) is 22.0 Å². The van der Waals surface area contributed by atoms with E-state index < -0.39 is 0 Å². The fourth-order valence-corrected chi connectivity index (χ4v) is 4.16. The summed E-state index contributed by atoms with van der Waals surface area (Å²) >= 11 is 0. The maximum atomic E-state index is 13.2. The van der Waals surface area contributed by atoms with E-state index >= 15 is 0 Å². The van der Waals surface area contributed by atoms with Crippen LogP contribution < -0.4 is 5.56 Å². The van der Waals surface area contributed by atoms with Gasteiger partial charge in [0.2, 0.25) is 0 Å². The molecule has 0 saturated carbocycles. The van der Waals surface area contributed by atoms with E-state index in [9.17, 15) is 4.79 Å². The third kappa shape index (κ3) is 3.99. The lowest BCUT2D eigenvalue weighted by molar-refractivity contribution is 0.0214. The average molecular weight is 416 g/mol. The van der Waals surface area contributed by atoms with Crippen molar-refractivity contribution in [3.8, 4) is 0 Å². The van der Waals surface area contributed by atoms with Crippen molar-refractivity contribution in [2.75, 3.05) is 26.3 Å². The minimum absolute atomic E-state index is 0.123. The van der Waals surface area contributed by atoms with Crippen molar-refractivity contribution in [3.63, 3.8) is 0 Å². The predicted octanol–water partition coefficient (Wildman–Crippen LogP) is 2.29. The van der Waals surface area contributed by atoms with Gasteiger partial charge in [-0.3, -0.25) is 9.69 Å². The third-order valence-corrected chi connectivity index (χ3v) is 5.71. The van der Waals surface area contributed by atoms with Gasteiger partial charge in [-0.1, -0.05) is 42.0 Å². The Bertz CT molecular complexity index is 1240. The SMILES string of the molecule is Cc1ccc2[nH]c(=O)c([C@H](c3nnnn3Cc3ccccc3)N3CCOCC3)cc2c1. The van der Waals surface area contributed by atoms with E-state index in [-0.39, 0.29) is 11.6 Å². The van der Waals surface area contributed by atoms with Gasteiger partial charge < -0.3 is 9.72 Å². The molecule has 2 aromatic carbocycles. The maximum absolute atomic E-state index is 13.2. The van der Waals surface area contributed by atoms with E-state index in [1.54, 1.807) is 4.68 Å². The molecule has 5 rings (SSSR count). The van der Waals surface area contributed by atoms with Gasteiger partial charge in [-0.05, 0) is 46.5 Å². The van der Waals surface area contributed by atoms with Crippen LogP contribution in [-0.2, 0) is 11.3 Å². The molecule has 0 aliphatic carbocycles. The molecule has 8 heteroatoms. The van der Waals surface area contributed by atoms with Crippen molar-refractivity contribution in [1.82, 2.24) is 30.1 Å². The van der Waals surface area contributed by atoms with E-state index in [0.29, 0.717) is 44.2 Å². The van der Waals surface area contributed by atoms with Gasteiger partial charge in [-0.15, -0.1) is 5.10 Å². The van der Waals surface area contributed by atoms with Crippen LogP contribution in [0.1, 0.15) is 28.6 Å². The lowest BCUT2D eigenvalue weighted by atomic mass is 10.0. The second-order valence-corrected chi connectivity index (χ2v) is 7.88. The molecule has 3 heterocycles. The van der Waals surface area contributed by atoms with Gasteiger partial charge in [-0.2, -0.15) is 0 Å². The quantitative estimate of drug-likeness (QED) is 0.537. The number of morpholine rings is 1. The van der Waals surface area contributed by atoms with Crippen LogP contribution >= 0.6 is 0 Å². The van der Waals surface area contributed by atoms with E-state index in [2.05, 4.69) is 31.5 Å². The van der Waals surface area contributed by atoms with Crippen molar-refractivity contribution in [3.05, 3.63) is 87.5 Å². The standard InChI is InChI=1S/C23H24N6O2/c1-16-7-8-20-18(13-16)14-19(23(30)24-20)21(28-9-11-31-12-10-28)22-25-26-27-29(22)15-17-5-3-2-4-6-17/h2-8,13-14,21H,9-12,15H2,1H3,(H,24,30)/t21-/m1/s1. The zero-order valence-corrected chi connectivity index (χ0v) is 17.4. The van der Waals surface area contributed by atoms with Gasteiger partial charge in [-0.25, -0.2) is 4.68 Å². The summed E-state index contributed by atoms with van der Waals surface area (Å²) < 4.78 is 7.35. The topological polar surface area (TPSA) is 88.9 Å². The second kappa shape index (κ2) is 8.41. The fourth-order valence-electron chi connectivity index (χ4n) is 4.16. The number of pyridine rings is 1. The fraction of sp³-hybridized carbons (Fsp3) is 0.304. The highest BCUT2D eigenvalue weighted by molar-refractivity contribution is 5.79. The molecule has 1 atom stereocenters. The molecule has 0 bridgehead atoms. The van der Waals surface area contributed by atoms with Crippen LogP contribution in [0.5, 0.6) is 0 Å². The third-order valence-electron chi connectivity index (χ3n) is 5.71. The molecule has 0 radical (unpaired) electrons. The Labute approximate surface area is 179 Å². The Hall–Kier alpha value is -3.36. The lowest BCUT2D eigenvalue weighted by Gasteiger charge is -2.33. The molecule has 1 aliphatic rings. The van der Waals surface area contributed by atoms with Crippen LogP contribution in [0, 0.1) is 6.92 Å². The molecule has 8 nitrogen and oxygen atoms in total. The number of rotatable bonds is 5. The zero-order valence-electron chi connectivity index (χ0n) is 17.4. The Morgan fingerprint density at radius 2 is 1.90 bits per heavy atom. The highest BCUT2D eigenvalue weighted by atomic mass is 16.5. The Kier molecular flexibility index (Phi) is 5.31. The summed E-state index contributed by atoms with van der Waals surface area (Å²) in [5, 5.41) is 13.6. The van der Waals surface area contributed by atoms with Gasteiger partial charge in [0, 0.05) is 24.2 Å². The first-order valence-corrected chi connectivity index (χ1v) is 10.4. The minimum atomic E-state index is -0.365. The highest BCUT2D eigenvalue weighted by Crippen LogP contribution is 2.28. The normalized spacial score (nSPS) is 15.9. The number of H-pyrrole nitrogens is 1. The number of nitrogens with zero attached hydrogens (tertiary/aromatic N) is 5. The number of tetrazole rings is 1. The summed E-state index contributed by atoms with van der Waals surface area (Å²) in [6, 6.07) is 17.7. The number of ether oxygens (including phenoxy) is 1. The number of aromatic amines is 1. The van der Waals surface area contributed by atoms with Crippen LogP contribution in [0.3, 0.4) is 0 Å². The first-order chi connectivity index (χ1) is 15.2. The lowest BCUT2D eigenvalue weighted by Crippen LogP contribution is -2.42. The highest BCUT2D eigenvalue weighted by Gasteiger charge is 2.31. The van der Waals surface area contributed by atoms with Crippen LogP contribution in [0.25, 0.3) is 10.9 Å². The smallest absolute Gasteiger partial charge is 0.253 e. The first kappa shape index (κ1) is 19.6. The van der Waals surface area contributed by atoms with Crippen LogP contribution in [0.4, 0.5) is 0 Å². The van der Waals surface area contributed by atoms with Crippen LogP contribution in [0.2, 0.25) is 0 Å². The average Bonchev–Trinajstić information content (AvgIpc) is 3.24. The molecular weight excluding hydrogens is 392 g/mol. The minimum Gasteiger partial charge on any atom is -0.379 e. The van der Waals surface area contributed by atoms with Crippen molar-refractivity contribution in [2.24, 2.45) is 0 Å². The molecule has 0 amide bonds. The zero-order chi connectivity index (χ0) is 21.2. The number of nitrogens with one attached hydrogen (secondary N) is 1. The molecule has 31 heavy (non-hydrogen) atoms. The van der Waals surface area contributed by atoms with Gasteiger partial charge in [0.25, 0.3) is 5.56 Å². The van der Waals surface area contributed by atoms with E-state index in [4.69, 9.17) is 4.74 Å². The molecule has 2 aromatic heterocycles. The number of fused-ring (bicyclic) bond motifs is 1. The molecular formula is C23H24N6O2. The van der Waals surface area contributed by atoms with Crippen molar-refractivity contribution in [1.29, 1.82) is 0 Å².